The monoisotopic (exact) mass is 670 g/mol. The maximum atomic E-state index is 12.8. The average Bonchev–Trinajstić information content (AvgIpc) is 2.97. The first-order valence-electron chi connectivity index (χ1n) is 12.1. The Morgan fingerprint density at radius 1 is 0.878 bits per heavy atom. The van der Waals surface area contributed by atoms with Crippen molar-refractivity contribution in [1.29, 1.82) is 5.26 Å². The fraction of sp³-hybridized carbons (Fsp3) is 0.0968. The average molecular weight is 673 g/mol. The summed E-state index contributed by atoms with van der Waals surface area (Å²) in [6.45, 7) is 0.577. The molecule has 41 heavy (non-hydrogen) atoms. The van der Waals surface area contributed by atoms with Gasteiger partial charge in [0.2, 0.25) is 0 Å². The zero-order valence-electron chi connectivity index (χ0n) is 21.6. The molecule has 0 spiro atoms. The smallest absolute Gasteiger partial charge is 0.266 e. The molecular formula is C31H22BrCl3N2O4. The van der Waals surface area contributed by atoms with Crippen molar-refractivity contribution in [2.24, 2.45) is 0 Å². The van der Waals surface area contributed by atoms with Crippen molar-refractivity contribution in [2.45, 2.75) is 13.2 Å². The van der Waals surface area contributed by atoms with Crippen LogP contribution in [-0.2, 0) is 18.0 Å². The molecule has 10 heteroatoms. The van der Waals surface area contributed by atoms with Crippen molar-refractivity contribution in [2.75, 3.05) is 12.4 Å². The van der Waals surface area contributed by atoms with Crippen LogP contribution in [0.4, 0.5) is 5.69 Å². The summed E-state index contributed by atoms with van der Waals surface area (Å²) >= 11 is 21.9. The number of hydrogen-bond donors (Lipinski definition) is 1. The number of carbonyl (C=O) groups is 1. The minimum atomic E-state index is -0.578. The number of nitrogens with zero attached hydrogens (tertiary/aromatic N) is 1. The van der Waals surface area contributed by atoms with Gasteiger partial charge >= 0.3 is 0 Å². The summed E-state index contributed by atoms with van der Waals surface area (Å²) in [5, 5.41) is 13.5. The molecule has 0 unspecified atom stereocenters. The van der Waals surface area contributed by atoms with Gasteiger partial charge in [-0.2, -0.15) is 5.26 Å². The first-order chi connectivity index (χ1) is 19.7. The molecule has 0 fully saturated rings. The number of benzene rings is 4. The number of carbonyl (C=O) groups excluding carboxylic acids is 1. The van der Waals surface area contributed by atoms with Gasteiger partial charge in [-0.15, -0.1) is 0 Å². The number of anilines is 1. The highest BCUT2D eigenvalue weighted by atomic mass is 79.9. The Hall–Kier alpha value is -3.67. The van der Waals surface area contributed by atoms with Crippen molar-refractivity contribution in [3.05, 3.63) is 121 Å². The normalized spacial score (nSPS) is 11.0. The number of nitriles is 1. The zero-order valence-corrected chi connectivity index (χ0v) is 25.4. The first kappa shape index (κ1) is 30.3. The third kappa shape index (κ3) is 8.42. The van der Waals surface area contributed by atoms with Crippen LogP contribution in [0.15, 0.2) is 88.9 Å². The topological polar surface area (TPSA) is 80.6 Å². The standard InChI is InChI=1S/C31H22BrCl3N2O4/c1-39-29-15-21(14-28(35)30(29)41-18-20-4-11-26(33)27(34)13-20)12-22(16-36)31(38)37-24-7-9-25(10-8-24)40-17-19-2-5-23(32)6-3-19/h2-15H,17-18H2,1H3,(H,37,38)/b22-12+. The van der Waals surface area contributed by atoms with Gasteiger partial charge in [0, 0.05) is 10.2 Å². The summed E-state index contributed by atoms with van der Waals surface area (Å²) in [7, 11) is 1.47. The predicted octanol–water partition coefficient (Wildman–Crippen LogP) is 9.12. The van der Waals surface area contributed by atoms with Crippen LogP contribution < -0.4 is 19.5 Å². The molecule has 0 saturated heterocycles. The summed E-state index contributed by atoms with van der Waals surface area (Å²) in [4.78, 5) is 12.8. The Balaban J connectivity index is 1.41. The van der Waals surface area contributed by atoms with E-state index in [0.29, 0.717) is 45.2 Å². The minimum Gasteiger partial charge on any atom is -0.493 e. The van der Waals surface area contributed by atoms with Gasteiger partial charge in [-0.25, -0.2) is 0 Å². The van der Waals surface area contributed by atoms with Gasteiger partial charge in [-0.1, -0.05) is 68.9 Å². The predicted molar refractivity (Wildman–Crippen MR) is 166 cm³/mol. The molecule has 0 bridgehead atoms. The van der Waals surface area contributed by atoms with Crippen LogP contribution in [0.1, 0.15) is 16.7 Å². The van der Waals surface area contributed by atoms with Gasteiger partial charge in [0.25, 0.3) is 5.91 Å². The molecule has 4 rings (SSSR count). The summed E-state index contributed by atoms with van der Waals surface area (Å²) in [5.41, 5.74) is 2.68. The Bertz CT molecular complexity index is 1620. The van der Waals surface area contributed by atoms with Crippen molar-refractivity contribution in [3.8, 4) is 23.3 Å². The van der Waals surface area contributed by atoms with Crippen LogP contribution >= 0.6 is 50.7 Å². The Morgan fingerprint density at radius 2 is 1.56 bits per heavy atom. The van der Waals surface area contributed by atoms with E-state index in [2.05, 4.69) is 21.2 Å². The molecule has 0 aliphatic heterocycles. The summed E-state index contributed by atoms with van der Waals surface area (Å²) in [6.07, 6.45) is 1.42. The quantitative estimate of drug-likeness (QED) is 0.134. The van der Waals surface area contributed by atoms with Crippen molar-refractivity contribution >= 4 is 68.4 Å². The third-order valence-electron chi connectivity index (χ3n) is 5.73. The molecule has 0 radical (unpaired) electrons. The molecule has 0 aromatic heterocycles. The van der Waals surface area contributed by atoms with E-state index < -0.39 is 5.91 Å². The largest absolute Gasteiger partial charge is 0.493 e. The molecule has 0 atom stereocenters. The second-order valence-corrected chi connectivity index (χ2v) is 10.8. The van der Waals surface area contributed by atoms with Crippen LogP contribution in [0.2, 0.25) is 15.1 Å². The van der Waals surface area contributed by atoms with Crippen LogP contribution in [0, 0.1) is 11.3 Å². The molecule has 0 saturated carbocycles. The molecule has 6 nitrogen and oxygen atoms in total. The number of amides is 1. The van der Waals surface area contributed by atoms with Crippen molar-refractivity contribution < 1.29 is 19.0 Å². The van der Waals surface area contributed by atoms with Gasteiger partial charge in [0.1, 0.15) is 30.6 Å². The fourth-order valence-electron chi connectivity index (χ4n) is 3.64. The maximum Gasteiger partial charge on any atom is 0.266 e. The van der Waals surface area contributed by atoms with Crippen LogP contribution in [0.25, 0.3) is 6.08 Å². The lowest BCUT2D eigenvalue weighted by Crippen LogP contribution is -2.13. The van der Waals surface area contributed by atoms with Gasteiger partial charge in [-0.05, 0) is 83.4 Å². The molecule has 0 aliphatic carbocycles. The van der Waals surface area contributed by atoms with E-state index in [1.807, 2.05) is 30.3 Å². The SMILES string of the molecule is COc1cc(/C=C(\C#N)C(=O)Nc2ccc(OCc3ccc(Br)cc3)cc2)cc(Cl)c1OCc1ccc(Cl)c(Cl)c1. The molecular weight excluding hydrogens is 651 g/mol. The van der Waals surface area contributed by atoms with E-state index in [0.717, 1.165) is 15.6 Å². The van der Waals surface area contributed by atoms with Gasteiger partial charge in [0.05, 0.1) is 22.2 Å². The number of rotatable bonds is 10. The number of methoxy groups -OCH3 is 1. The highest BCUT2D eigenvalue weighted by Gasteiger charge is 2.15. The minimum absolute atomic E-state index is 0.122. The second kappa shape index (κ2) is 14.3. The van der Waals surface area contributed by atoms with Crippen molar-refractivity contribution in [1.82, 2.24) is 0 Å². The third-order valence-corrected chi connectivity index (χ3v) is 7.27. The molecule has 0 aliphatic rings. The number of hydrogen-bond acceptors (Lipinski definition) is 5. The Labute approximate surface area is 261 Å². The van der Waals surface area contributed by atoms with Gasteiger partial charge in [-0.3, -0.25) is 4.79 Å². The lowest BCUT2D eigenvalue weighted by molar-refractivity contribution is -0.112. The second-order valence-electron chi connectivity index (χ2n) is 8.63. The molecule has 1 amide bonds. The van der Waals surface area contributed by atoms with E-state index in [1.54, 1.807) is 54.6 Å². The van der Waals surface area contributed by atoms with E-state index >= 15 is 0 Å². The lowest BCUT2D eigenvalue weighted by Gasteiger charge is -2.14. The number of ether oxygens (including phenoxy) is 3. The Morgan fingerprint density at radius 3 is 2.22 bits per heavy atom. The molecule has 4 aromatic rings. The van der Waals surface area contributed by atoms with Crippen LogP contribution in [0.5, 0.6) is 17.2 Å². The highest BCUT2D eigenvalue weighted by Crippen LogP contribution is 2.38. The number of halogens is 4. The van der Waals surface area contributed by atoms with Crippen LogP contribution in [-0.4, -0.2) is 13.0 Å². The molecule has 208 valence electrons. The van der Waals surface area contributed by atoms with E-state index in [-0.39, 0.29) is 17.2 Å². The van der Waals surface area contributed by atoms with Crippen molar-refractivity contribution in [3.63, 3.8) is 0 Å². The van der Waals surface area contributed by atoms with E-state index in [9.17, 15) is 10.1 Å². The summed E-state index contributed by atoms with van der Waals surface area (Å²) in [6, 6.07) is 25.0. The van der Waals surface area contributed by atoms with E-state index in [1.165, 1.54) is 13.2 Å². The van der Waals surface area contributed by atoms with E-state index in [4.69, 9.17) is 49.0 Å². The highest BCUT2D eigenvalue weighted by molar-refractivity contribution is 9.10. The Kier molecular flexibility index (Phi) is 10.6. The zero-order chi connectivity index (χ0) is 29.4. The van der Waals surface area contributed by atoms with Crippen LogP contribution in [0.3, 0.4) is 0 Å². The summed E-state index contributed by atoms with van der Waals surface area (Å²) < 4.78 is 18.1. The van der Waals surface area contributed by atoms with Gasteiger partial charge < -0.3 is 19.5 Å². The fourth-order valence-corrected chi connectivity index (χ4v) is 4.50. The molecule has 0 heterocycles. The maximum absolute atomic E-state index is 12.8. The lowest BCUT2D eigenvalue weighted by atomic mass is 10.1. The molecule has 1 N–H and O–H groups in total. The first-order valence-corrected chi connectivity index (χ1v) is 14.0. The number of nitrogens with one attached hydrogen (secondary N) is 1. The summed E-state index contributed by atoms with van der Waals surface area (Å²) in [5.74, 6) is 0.708. The molecule has 4 aromatic carbocycles. The van der Waals surface area contributed by atoms with Gasteiger partial charge in [0.15, 0.2) is 11.5 Å².